The van der Waals surface area contributed by atoms with E-state index in [1.807, 2.05) is 24.4 Å². The van der Waals surface area contributed by atoms with E-state index < -0.39 is 5.91 Å². The maximum atomic E-state index is 12.5. The number of aryl methyl sites for hydroxylation is 1. The van der Waals surface area contributed by atoms with Gasteiger partial charge in [-0.05, 0) is 37.3 Å². The Labute approximate surface area is 159 Å². The fourth-order valence-corrected chi connectivity index (χ4v) is 3.55. The molecule has 0 aliphatic carbocycles. The van der Waals surface area contributed by atoms with E-state index in [2.05, 4.69) is 10.3 Å². The predicted octanol–water partition coefficient (Wildman–Crippen LogP) is 3.60. The molecule has 0 saturated heterocycles. The number of aromatic nitrogens is 1. The molecule has 0 radical (unpaired) electrons. The third-order valence-electron chi connectivity index (χ3n) is 4.41. The van der Waals surface area contributed by atoms with Crippen molar-refractivity contribution in [1.82, 2.24) is 9.88 Å². The van der Waals surface area contributed by atoms with Gasteiger partial charge in [-0.25, -0.2) is 4.98 Å². The van der Waals surface area contributed by atoms with Crippen molar-refractivity contribution in [2.45, 2.75) is 6.92 Å². The number of hydrogen-bond donors (Lipinski definition) is 1. The van der Waals surface area contributed by atoms with Gasteiger partial charge in [-0.2, -0.15) is 0 Å². The van der Waals surface area contributed by atoms with Gasteiger partial charge >= 0.3 is 0 Å². The zero-order chi connectivity index (χ0) is 19.1. The number of benzene rings is 2. The molecule has 1 N–H and O–H groups in total. The van der Waals surface area contributed by atoms with Crippen LogP contribution in [0, 0.1) is 6.92 Å². The average Bonchev–Trinajstić information content (AvgIpc) is 3.20. The largest absolute Gasteiger partial charge is 0.322 e. The topological polar surface area (TPSA) is 79.4 Å². The molecule has 7 heteroatoms. The molecule has 27 heavy (non-hydrogen) atoms. The summed E-state index contributed by atoms with van der Waals surface area (Å²) >= 11 is 1.59. The molecular formula is C20H15N3O3S. The van der Waals surface area contributed by atoms with Crippen LogP contribution in [-0.2, 0) is 0 Å². The summed E-state index contributed by atoms with van der Waals surface area (Å²) in [5, 5.41) is 5.79. The number of nitrogens with zero attached hydrogens (tertiary/aromatic N) is 2. The Hall–Kier alpha value is -3.32. The van der Waals surface area contributed by atoms with Crippen molar-refractivity contribution in [2.75, 3.05) is 12.4 Å². The molecule has 1 aliphatic heterocycles. The van der Waals surface area contributed by atoms with Crippen molar-refractivity contribution in [2.24, 2.45) is 0 Å². The highest BCUT2D eigenvalue weighted by Crippen LogP contribution is 2.25. The summed E-state index contributed by atoms with van der Waals surface area (Å²) in [5.74, 6) is -1.09. The second-order valence-corrected chi connectivity index (χ2v) is 7.28. The maximum Gasteiger partial charge on any atom is 0.261 e. The second-order valence-electron chi connectivity index (χ2n) is 6.21. The highest BCUT2D eigenvalue weighted by atomic mass is 32.1. The summed E-state index contributed by atoms with van der Waals surface area (Å²) in [4.78, 5) is 42.0. The van der Waals surface area contributed by atoms with Crippen LogP contribution in [0.2, 0.25) is 0 Å². The van der Waals surface area contributed by atoms with E-state index in [0.29, 0.717) is 16.8 Å². The number of thiazole rings is 1. The van der Waals surface area contributed by atoms with Gasteiger partial charge in [-0.3, -0.25) is 19.3 Å². The Bertz CT molecular complexity index is 1090. The third kappa shape index (κ3) is 3.02. The van der Waals surface area contributed by atoms with Gasteiger partial charge in [0, 0.05) is 29.2 Å². The summed E-state index contributed by atoms with van der Waals surface area (Å²) in [7, 11) is 1.43. The van der Waals surface area contributed by atoms with Crippen molar-refractivity contribution in [3.8, 4) is 11.3 Å². The normalized spacial score (nSPS) is 13.0. The van der Waals surface area contributed by atoms with Crippen LogP contribution < -0.4 is 5.32 Å². The van der Waals surface area contributed by atoms with Gasteiger partial charge in [-0.1, -0.05) is 12.1 Å². The lowest BCUT2D eigenvalue weighted by Crippen LogP contribution is -2.24. The molecule has 134 valence electrons. The van der Waals surface area contributed by atoms with Crippen molar-refractivity contribution >= 4 is 34.7 Å². The molecule has 0 bridgehead atoms. The fraction of sp³-hybridized carbons (Fsp3) is 0.100. The molecule has 3 aromatic rings. The van der Waals surface area contributed by atoms with Crippen LogP contribution in [0.15, 0.2) is 47.8 Å². The van der Waals surface area contributed by atoms with Gasteiger partial charge in [0.25, 0.3) is 17.7 Å². The molecule has 1 aliphatic rings. The first-order chi connectivity index (χ1) is 12.9. The molecule has 0 saturated carbocycles. The number of rotatable bonds is 3. The Morgan fingerprint density at radius 2 is 1.74 bits per heavy atom. The number of carbonyl (C=O) groups excluding carboxylic acids is 3. The van der Waals surface area contributed by atoms with Crippen molar-refractivity contribution in [3.05, 3.63) is 69.5 Å². The van der Waals surface area contributed by atoms with Gasteiger partial charge in [-0.15, -0.1) is 11.3 Å². The lowest BCUT2D eigenvalue weighted by Gasteiger charge is -2.07. The highest BCUT2D eigenvalue weighted by Gasteiger charge is 2.33. The summed E-state index contributed by atoms with van der Waals surface area (Å²) in [6.45, 7) is 1.95. The van der Waals surface area contributed by atoms with Crippen LogP contribution in [0.5, 0.6) is 0 Å². The smallest absolute Gasteiger partial charge is 0.261 e. The van der Waals surface area contributed by atoms with Gasteiger partial charge < -0.3 is 5.32 Å². The molecule has 6 nitrogen and oxygen atoms in total. The number of hydrogen-bond acceptors (Lipinski definition) is 5. The Morgan fingerprint density at radius 3 is 2.41 bits per heavy atom. The van der Waals surface area contributed by atoms with E-state index in [4.69, 9.17) is 0 Å². The quantitative estimate of drug-likeness (QED) is 0.708. The number of imide groups is 1. The SMILES string of the molecule is Cc1nc(-c2ccc(NC(=O)c3ccc4c(c3)C(=O)N(C)C4=O)cc2)cs1. The minimum Gasteiger partial charge on any atom is -0.322 e. The van der Waals surface area contributed by atoms with Crippen molar-refractivity contribution in [1.29, 1.82) is 0 Å². The van der Waals surface area contributed by atoms with E-state index in [0.717, 1.165) is 21.2 Å². The Morgan fingerprint density at radius 1 is 1.04 bits per heavy atom. The first kappa shape index (κ1) is 17.1. The number of carbonyl (C=O) groups is 3. The average molecular weight is 377 g/mol. The van der Waals surface area contributed by atoms with Crippen LogP contribution in [0.3, 0.4) is 0 Å². The Kier molecular flexibility index (Phi) is 4.08. The van der Waals surface area contributed by atoms with Crippen LogP contribution >= 0.6 is 11.3 Å². The Balaban J connectivity index is 1.53. The first-order valence-corrected chi connectivity index (χ1v) is 9.12. The standard InChI is InChI=1S/C20H15N3O3S/c1-11-21-17(10-27-11)12-3-6-14(7-4-12)22-18(24)13-5-8-15-16(9-13)20(26)23(2)19(15)25/h3-10H,1-2H3,(H,22,24). The number of fused-ring (bicyclic) bond motifs is 1. The molecule has 2 aromatic carbocycles. The molecule has 1 aromatic heterocycles. The van der Waals surface area contributed by atoms with Crippen LogP contribution in [0.4, 0.5) is 5.69 Å². The van der Waals surface area contributed by atoms with Gasteiger partial charge in [0.2, 0.25) is 0 Å². The molecule has 0 atom stereocenters. The minimum absolute atomic E-state index is 0.254. The number of anilines is 1. The van der Waals surface area contributed by atoms with Gasteiger partial charge in [0.15, 0.2) is 0 Å². The summed E-state index contributed by atoms with van der Waals surface area (Å²) in [5.41, 5.74) is 3.41. The third-order valence-corrected chi connectivity index (χ3v) is 5.18. The zero-order valence-electron chi connectivity index (χ0n) is 14.6. The van der Waals surface area contributed by atoms with Crippen molar-refractivity contribution in [3.63, 3.8) is 0 Å². The number of nitrogens with one attached hydrogen (secondary N) is 1. The lowest BCUT2D eigenvalue weighted by atomic mass is 10.1. The van der Waals surface area contributed by atoms with Crippen LogP contribution in [0.1, 0.15) is 36.1 Å². The fourth-order valence-electron chi connectivity index (χ4n) is 2.93. The molecule has 0 fully saturated rings. The number of amides is 3. The van der Waals surface area contributed by atoms with E-state index in [1.54, 1.807) is 29.5 Å². The molecule has 3 amide bonds. The molecule has 0 spiro atoms. The summed E-state index contributed by atoms with van der Waals surface area (Å²) < 4.78 is 0. The summed E-state index contributed by atoms with van der Waals surface area (Å²) in [6, 6.07) is 11.9. The first-order valence-electron chi connectivity index (χ1n) is 8.24. The van der Waals surface area contributed by atoms with Crippen molar-refractivity contribution < 1.29 is 14.4 Å². The van der Waals surface area contributed by atoms with E-state index >= 15 is 0 Å². The van der Waals surface area contributed by atoms with Crippen LogP contribution in [-0.4, -0.2) is 34.7 Å². The molecule has 2 heterocycles. The zero-order valence-corrected chi connectivity index (χ0v) is 15.5. The molecule has 4 rings (SSSR count). The van der Waals surface area contributed by atoms with E-state index in [9.17, 15) is 14.4 Å². The molecular weight excluding hydrogens is 362 g/mol. The highest BCUT2D eigenvalue weighted by molar-refractivity contribution is 7.09. The van der Waals surface area contributed by atoms with E-state index in [1.165, 1.54) is 19.2 Å². The maximum absolute atomic E-state index is 12.5. The van der Waals surface area contributed by atoms with E-state index in [-0.39, 0.29) is 17.4 Å². The monoisotopic (exact) mass is 377 g/mol. The van der Waals surface area contributed by atoms with Gasteiger partial charge in [0.05, 0.1) is 21.8 Å². The minimum atomic E-state index is -0.396. The second kappa shape index (κ2) is 6.44. The lowest BCUT2D eigenvalue weighted by molar-refractivity contribution is 0.0693. The predicted molar refractivity (Wildman–Crippen MR) is 103 cm³/mol. The summed E-state index contributed by atoms with van der Waals surface area (Å²) in [6.07, 6.45) is 0. The van der Waals surface area contributed by atoms with Crippen LogP contribution in [0.25, 0.3) is 11.3 Å². The van der Waals surface area contributed by atoms with Gasteiger partial charge in [0.1, 0.15) is 0 Å². The molecule has 0 unspecified atom stereocenters.